The van der Waals surface area contributed by atoms with E-state index in [4.69, 9.17) is 5.11 Å². The van der Waals surface area contributed by atoms with Crippen LogP contribution in [0.15, 0.2) is 30.5 Å². The fourth-order valence-corrected chi connectivity index (χ4v) is 3.21. The summed E-state index contributed by atoms with van der Waals surface area (Å²) in [4.78, 5) is 25.0. The summed E-state index contributed by atoms with van der Waals surface area (Å²) in [6.45, 7) is 1.07. The molecule has 0 saturated carbocycles. The van der Waals surface area contributed by atoms with Gasteiger partial charge in [-0.3, -0.25) is 9.59 Å². The first-order valence-corrected chi connectivity index (χ1v) is 8.46. The van der Waals surface area contributed by atoms with E-state index in [1.165, 1.54) is 23.0 Å². The van der Waals surface area contributed by atoms with Crippen molar-refractivity contribution in [3.63, 3.8) is 0 Å². The molecule has 1 aliphatic rings. The molecule has 1 aromatic carbocycles. The van der Waals surface area contributed by atoms with E-state index in [-0.39, 0.29) is 29.6 Å². The van der Waals surface area contributed by atoms with Crippen molar-refractivity contribution in [2.45, 2.75) is 25.7 Å². The maximum Gasteiger partial charge on any atom is 0.303 e. The summed E-state index contributed by atoms with van der Waals surface area (Å²) in [6.07, 6.45) is 3.78. The molecule has 2 heterocycles. The largest absolute Gasteiger partial charge is 0.481 e. The zero-order valence-electron chi connectivity index (χ0n) is 14.1. The number of aromatic nitrogens is 2. The molecular formula is C18H19F2N3O3. The molecule has 2 aromatic rings. The highest BCUT2D eigenvalue weighted by atomic mass is 19.1. The van der Waals surface area contributed by atoms with E-state index in [2.05, 4.69) is 5.10 Å². The molecule has 1 atom stereocenters. The van der Waals surface area contributed by atoms with E-state index < -0.39 is 17.6 Å². The number of aliphatic carboxylic acids is 1. The highest BCUT2D eigenvalue weighted by Crippen LogP contribution is 2.22. The highest BCUT2D eigenvalue weighted by Gasteiger charge is 2.26. The van der Waals surface area contributed by atoms with E-state index in [0.717, 1.165) is 25.0 Å². The van der Waals surface area contributed by atoms with E-state index in [9.17, 15) is 18.4 Å². The molecule has 0 aliphatic carbocycles. The minimum Gasteiger partial charge on any atom is -0.481 e. The molecule has 6 nitrogen and oxygen atoms in total. The summed E-state index contributed by atoms with van der Waals surface area (Å²) in [5.74, 6) is -2.41. The van der Waals surface area contributed by atoms with Gasteiger partial charge in [0.25, 0.3) is 5.91 Å². The van der Waals surface area contributed by atoms with Gasteiger partial charge in [0.15, 0.2) is 11.5 Å². The Morgan fingerprint density at radius 2 is 2.08 bits per heavy atom. The lowest BCUT2D eigenvalue weighted by atomic mass is 9.93. The van der Waals surface area contributed by atoms with Crippen molar-refractivity contribution in [2.75, 3.05) is 13.1 Å². The standard InChI is InChI=1S/C18H19F2N3O3/c19-13-4-5-16(14(20)10-13)23-9-7-15(21-23)18(26)22-8-1-2-12(11-22)3-6-17(24)25/h4-5,7,9-10,12H,1-3,6,8,11H2,(H,24,25). The van der Waals surface area contributed by atoms with Gasteiger partial charge in [-0.2, -0.15) is 5.10 Å². The molecule has 0 bridgehead atoms. The molecular weight excluding hydrogens is 344 g/mol. The predicted octanol–water partition coefficient (Wildman–Crippen LogP) is 2.87. The number of carbonyl (C=O) groups excluding carboxylic acids is 1. The van der Waals surface area contributed by atoms with Crippen molar-refractivity contribution < 1.29 is 23.5 Å². The number of carboxylic acids is 1. The Balaban J connectivity index is 1.70. The number of carbonyl (C=O) groups is 2. The second-order valence-electron chi connectivity index (χ2n) is 6.43. The quantitative estimate of drug-likeness (QED) is 0.886. The summed E-state index contributed by atoms with van der Waals surface area (Å²) >= 11 is 0. The zero-order chi connectivity index (χ0) is 18.7. The van der Waals surface area contributed by atoms with Crippen LogP contribution < -0.4 is 0 Å². The monoisotopic (exact) mass is 363 g/mol. The van der Waals surface area contributed by atoms with Crippen LogP contribution in [-0.2, 0) is 4.79 Å². The Hall–Kier alpha value is -2.77. The Morgan fingerprint density at radius 3 is 2.81 bits per heavy atom. The van der Waals surface area contributed by atoms with Crippen LogP contribution in [-0.4, -0.2) is 44.8 Å². The van der Waals surface area contributed by atoms with Gasteiger partial charge < -0.3 is 10.0 Å². The molecule has 0 radical (unpaired) electrons. The van der Waals surface area contributed by atoms with Crippen molar-refractivity contribution in [1.82, 2.24) is 14.7 Å². The van der Waals surface area contributed by atoms with E-state index in [1.54, 1.807) is 4.90 Å². The minimum atomic E-state index is -0.839. The maximum absolute atomic E-state index is 13.9. The van der Waals surface area contributed by atoms with Crippen molar-refractivity contribution in [3.05, 3.63) is 47.8 Å². The number of hydrogen-bond donors (Lipinski definition) is 1. The fourth-order valence-electron chi connectivity index (χ4n) is 3.21. The first-order valence-electron chi connectivity index (χ1n) is 8.46. The summed E-state index contributed by atoms with van der Waals surface area (Å²) in [5.41, 5.74) is 0.232. The molecule has 1 aliphatic heterocycles. The lowest BCUT2D eigenvalue weighted by Crippen LogP contribution is -2.40. The Bertz CT molecular complexity index is 822. The number of carboxylic acid groups (broad SMARTS) is 1. The molecule has 3 rings (SSSR count). The summed E-state index contributed by atoms with van der Waals surface area (Å²) < 4.78 is 28.1. The average Bonchev–Trinajstić information content (AvgIpc) is 3.09. The normalized spacial score (nSPS) is 17.3. The molecule has 0 spiro atoms. The van der Waals surface area contributed by atoms with Crippen molar-refractivity contribution in [1.29, 1.82) is 0 Å². The van der Waals surface area contributed by atoms with E-state index in [1.807, 2.05) is 0 Å². The van der Waals surface area contributed by atoms with E-state index in [0.29, 0.717) is 19.5 Å². The van der Waals surface area contributed by atoms with Gasteiger partial charge in [0.1, 0.15) is 11.5 Å². The smallest absolute Gasteiger partial charge is 0.303 e. The van der Waals surface area contributed by atoms with Crippen molar-refractivity contribution >= 4 is 11.9 Å². The Labute approximate surface area is 149 Å². The van der Waals surface area contributed by atoms with Crippen LogP contribution in [0.5, 0.6) is 0 Å². The Morgan fingerprint density at radius 1 is 1.27 bits per heavy atom. The first kappa shape index (κ1) is 18.0. The SMILES string of the molecule is O=C(O)CCC1CCCN(C(=O)c2ccn(-c3ccc(F)cc3F)n2)C1. The highest BCUT2D eigenvalue weighted by molar-refractivity contribution is 5.92. The lowest BCUT2D eigenvalue weighted by molar-refractivity contribution is -0.137. The maximum atomic E-state index is 13.9. The third-order valence-corrected chi connectivity index (χ3v) is 4.54. The molecule has 1 unspecified atom stereocenters. The van der Waals surface area contributed by atoms with Crippen LogP contribution in [0.2, 0.25) is 0 Å². The predicted molar refractivity (Wildman–Crippen MR) is 89.0 cm³/mol. The van der Waals surface area contributed by atoms with Crippen LogP contribution in [0.3, 0.4) is 0 Å². The number of halogens is 2. The summed E-state index contributed by atoms with van der Waals surface area (Å²) in [7, 11) is 0. The number of benzene rings is 1. The summed E-state index contributed by atoms with van der Waals surface area (Å²) in [6, 6.07) is 4.64. The number of nitrogens with zero attached hydrogens (tertiary/aromatic N) is 3. The fraction of sp³-hybridized carbons (Fsp3) is 0.389. The second-order valence-corrected chi connectivity index (χ2v) is 6.43. The minimum absolute atomic E-state index is 0.0587. The van der Waals surface area contributed by atoms with Gasteiger partial charge in [0, 0.05) is 31.8 Å². The molecule has 8 heteroatoms. The van der Waals surface area contributed by atoms with Gasteiger partial charge in [-0.1, -0.05) is 0 Å². The van der Waals surface area contributed by atoms with Crippen LogP contribution in [0.4, 0.5) is 8.78 Å². The van der Waals surface area contributed by atoms with Crippen LogP contribution in [0.1, 0.15) is 36.2 Å². The molecule has 1 saturated heterocycles. The average molecular weight is 363 g/mol. The van der Waals surface area contributed by atoms with Gasteiger partial charge in [-0.15, -0.1) is 0 Å². The van der Waals surface area contributed by atoms with E-state index >= 15 is 0 Å². The molecule has 26 heavy (non-hydrogen) atoms. The topological polar surface area (TPSA) is 75.4 Å². The van der Waals surface area contributed by atoms with Gasteiger partial charge >= 0.3 is 5.97 Å². The van der Waals surface area contributed by atoms with Crippen LogP contribution >= 0.6 is 0 Å². The lowest BCUT2D eigenvalue weighted by Gasteiger charge is -2.32. The third kappa shape index (κ3) is 4.07. The third-order valence-electron chi connectivity index (χ3n) is 4.54. The first-order chi connectivity index (χ1) is 12.4. The molecule has 1 aromatic heterocycles. The van der Waals surface area contributed by atoms with Gasteiger partial charge in [0.05, 0.1) is 0 Å². The number of amides is 1. The summed E-state index contributed by atoms with van der Waals surface area (Å²) in [5, 5.41) is 12.9. The number of rotatable bonds is 5. The number of likely N-dealkylation sites (tertiary alicyclic amines) is 1. The number of hydrogen-bond acceptors (Lipinski definition) is 3. The zero-order valence-corrected chi connectivity index (χ0v) is 14.1. The van der Waals surface area contributed by atoms with Gasteiger partial charge in [0.2, 0.25) is 0 Å². The van der Waals surface area contributed by atoms with Crippen molar-refractivity contribution in [3.8, 4) is 5.69 Å². The number of piperidine rings is 1. The Kier molecular flexibility index (Phi) is 5.29. The second kappa shape index (κ2) is 7.63. The molecule has 1 N–H and O–H groups in total. The van der Waals surface area contributed by atoms with Crippen molar-refractivity contribution in [2.24, 2.45) is 5.92 Å². The molecule has 1 amide bonds. The van der Waals surface area contributed by atoms with Gasteiger partial charge in [-0.05, 0) is 43.4 Å². The molecule has 138 valence electrons. The van der Waals surface area contributed by atoms with Crippen LogP contribution in [0, 0.1) is 17.6 Å². The van der Waals surface area contributed by atoms with Gasteiger partial charge in [-0.25, -0.2) is 13.5 Å². The van der Waals surface area contributed by atoms with Crippen LogP contribution in [0.25, 0.3) is 5.69 Å². The molecule has 1 fully saturated rings.